The Kier molecular flexibility index (Phi) is 11.5. The molecule has 0 saturated heterocycles. The minimum absolute atomic E-state index is 0.308. The minimum atomic E-state index is -0.986. The average molecular weight is 304 g/mol. The molecule has 124 valence electrons. The average Bonchev–Trinajstić information content (AvgIpc) is 2.42. The Morgan fingerprint density at radius 3 is 1.90 bits per heavy atom. The SMILES string of the molecule is CCCCCCCCCC(O[N+](=O)[O-])C(CCC)[N+](=O)[O-]. The van der Waals surface area contributed by atoms with Gasteiger partial charge < -0.3 is 4.84 Å². The molecule has 0 aliphatic rings. The molecule has 2 atom stereocenters. The van der Waals surface area contributed by atoms with Crippen LogP contribution in [0.15, 0.2) is 0 Å². The zero-order valence-corrected chi connectivity index (χ0v) is 13.2. The van der Waals surface area contributed by atoms with Gasteiger partial charge in [0.15, 0.2) is 6.10 Å². The predicted molar refractivity (Wildman–Crippen MR) is 80.2 cm³/mol. The molecular formula is C14H28N2O5. The van der Waals surface area contributed by atoms with E-state index in [1.807, 2.05) is 6.92 Å². The highest BCUT2D eigenvalue weighted by molar-refractivity contribution is 4.69. The monoisotopic (exact) mass is 304 g/mol. The highest BCUT2D eigenvalue weighted by atomic mass is 17.0. The van der Waals surface area contributed by atoms with Gasteiger partial charge in [0.2, 0.25) is 6.04 Å². The van der Waals surface area contributed by atoms with E-state index in [4.69, 9.17) is 0 Å². The van der Waals surface area contributed by atoms with Crippen molar-refractivity contribution in [3.63, 3.8) is 0 Å². The molecule has 0 saturated carbocycles. The van der Waals surface area contributed by atoms with Crippen LogP contribution in [-0.4, -0.2) is 22.2 Å². The van der Waals surface area contributed by atoms with E-state index in [1.54, 1.807) is 0 Å². The second-order valence-electron chi connectivity index (χ2n) is 5.42. The first-order valence-electron chi connectivity index (χ1n) is 7.97. The number of rotatable bonds is 14. The van der Waals surface area contributed by atoms with Crippen LogP contribution in [0.25, 0.3) is 0 Å². The van der Waals surface area contributed by atoms with Crippen molar-refractivity contribution in [2.24, 2.45) is 0 Å². The molecule has 0 rings (SSSR count). The van der Waals surface area contributed by atoms with E-state index in [0.29, 0.717) is 19.3 Å². The van der Waals surface area contributed by atoms with Crippen LogP contribution in [0.3, 0.4) is 0 Å². The number of unbranched alkanes of at least 4 members (excludes halogenated alkanes) is 6. The topological polar surface area (TPSA) is 95.5 Å². The van der Waals surface area contributed by atoms with Gasteiger partial charge >= 0.3 is 0 Å². The maximum absolute atomic E-state index is 11.0. The van der Waals surface area contributed by atoms with E-state index in [-0.39, 0.29) is 0 Å². The van der Waals surface area contributed by atoms with Gasteiger partial charge in [-0.3, -0.25) is 10.1 Å². The van der Waals surface area contributed by atoms with Gasteiger partial charge in [-0.25, -0.2) is 0 Å². The zero-order chi connectivity index (χ0) is 16.1. The van der Waals surface area contributed by atoms with Gasteiger partial charge in [-0.1, -0.05) is 58.8 Å². The summed E-state index contributed by atoms with van der Waals surface area (Å²) in [5.41, 5.74) is 0. The fourth-order valence-electron chi connectivity index (χ4n) is 2.45. The van der Waals surface area contributed by atoms with Crippen molar-refractivity contribution < 1.29 is 14.8 Å². The maximum Gasteiger partial charge on any atom is 0.295 e. The van der Waals surface area contributed by atoms with Crippen molar-refractivity contribution in [1.29, 1.82) is 0 Å². The quantitative estimate of drug-likeness (QED) is 0.273. The first-order valence-corrected chi connectivity index (χ1v) is 7.97. The van der Waals surface area contributed by atoms with Crippen molar-refractivity contribution >= 4 is 0 Å². The van der Waals surface area contributed by atoms with Crippen molar-refractivity contribution in [2.45, 2.75) is 90.2 Å². The van der Waals surface area contributed by atoms with E-state index < -0.39 is 22.2 Å². The molecule has 21 heavy (non-hydrogen) atoms. The summed E-state index contributed by atoms with van der Waals surface area (Å²) >= 11 is 0. The smallest absolute Gasteiger partial charge is 0.295 e. The lowest BCUT2D eigenvalue weighted by Crippen LogP contribution is -2.37. The van der Waals surface area contributed by atoms with E-state index in [1.165, 1.54) is 19.3 Å². The molecule has 0 fully saturated rings. The van der Waals surface area contributed by atoms with Crippen LogP contribution in [0.5, 0.6) is 0 Å². The zero-order valence-electron chi connectivity index (χ0n) is 13.2. The number of nitro groups is 1. The van der Waals surface area contributed by atoms with E-state index >= 15 is 0 Å². The van der Waals surface area contributed by atoms with Crippen LogP contribution >= 0.6 is 0 Å². The standard InChI is InChI=1S/C14H28N2O5/c1-3-5-6-7-8-9-10-12-14(21-16(19)20)13(11-4-2)15(17)18/h13-14H,3-12H2,1-2H3. The summed E-state index contributed by atoms with van der Waals surface area (Å²) in [5.74, 6) is 0. The van der Waals surface area contributed by atoms with Crippen LogP contribution in [0.4, 0.5) is 0 Å². The minimum Gasteiger partial charge on any atom is -0.303 e. The van der Waals surface area contributed by atoms with Crippen molar-refractivity contribution in [1.82, 2.24) is 0 Å². The molecule has 0 aromatic rings. The first-order chi connectivity index (χ1) is 10.0. The third-order valence-corrected chi connectivity index (χ3v) is 3.60. The highest BCUT2D eigenvalue weighted by Crippen LogP contribution is 2.18. The summed E-state index contributed by atoms with van der Waals surface area (Å²) < 4.78 is 0. The van der Waals surface area contributed by atoms with Gasteiger partial charge in [0, 0.05) is 11.3 Å². The summed E-state index contributed by atoms with van der Waals surface area (Å²) in [6, 6.07) is -0.986. The molecule has 0 radical (unpaired) electrons. The normalized spacial score (nSPS) is 13.6. The van der Waals surface area contributed by atoms with Gasteiger partial charge in [-0.15, -0.1) is 10.1 Å². The summed E-state index contributed by atoms with van der Waals surface area (Å²) in [4.78, 5) is 25.6. The van der Waals surface area contributed by atoms with Crippen LogP contribution < -0.4 is 0 Å². The maximum atomic E-state index is 11.0. The van der Waals surface area contributed by atoms with Gasteiger partial charge in [0.1, 0.15) is 0 Å². The van der Waals surface area contributed by atoms with Crippen LogP contribution in [0.1, 0.15) is 78.1 Å². The lowest BCUT2D eigenvalue weighted by Gasteiger charge is -2.18. The second kappa shape index (κ2) is 12.3. The van der Waals surface area contributed by atoms with Crippen molar-refractivity contribution in [2.75, 3.05) is 0 Å². The fourth-order valence-corrected chi connectivity index (χ4v) is 2.45. The molecule has 2 unspecified atom stereocenters. The van der Waals surface area contributed by atoms with Crippen LogP contribution in [0.2, 0.25) is 0 Å². The fraction of sp³-hybridized carbons (Fsp3) is 1.00. The molecule has 0 aromatic heterocycles. The lowest BCUT2D eigenvalue weighted by molar-refractivity contribution is -0.778. The van der Waals surface area contributed by atoms with Crippen molar-refractivity contribution in [3.05, 3.63) is 20.2 Å². The molecule has 7 heteroatoms. The Morgan fingerprint density at radius 2 is 1.43 bits per heavy atom. The number of hydrogen-bond acceptors (Lipinski definition) is 5. The Labute approximate surface area is 126 Å². The summed E-state index contributed by atoms with van der Waals surface area (Å²) in [7, 11) is 0. The molecule has 7 nitrogen and oxygen atoms in total. The molecular weight excluding hydrogens is 276 g/mol. The molecule has 0 aliphatic heterocycles. The van der Waals surface area contributed by atoms with Gasteiger partial charge in [-0.2, -0.15) is 0 Å². The van der Waals surface area contributed by atoms with Gasteiger partial charge in [0.05, 0.1) is 0 Å². The van der Waals surface area contributed by atoms with E-state index in [0.717, 1.165) is 25.7 Å². The number of nitrogens with zero attached hydrogens (tertiary/aromatic N) is 2. The lowest BCUT2D eigenvalue weighted by atomic mass is 10.00. The summed E-state index contributed by atoms with van der Waals surface area (Å²) in [6.07, 6.45) is 7.90. The largest absolute Gasteiger partial charge is 0.303 e. The predicted octanol–water partition coefficient (Wildman–Crippen LogP) is 4.15. The third kappa shape index (κ3) is 10.0. The Hall–Kier alpha value is -1.40. The van der Waals surface area contributed by atoms with Crippen LogP contribution in [-0.2, 0) is 4.84 Å². The van der Waals surface area contributed by atoms with E-state index in [9.17, 15) is 20.2 Å². The molecule has 0 bridgehead atoms. The molecule has 0 aromatic carbocycles. The molecule has 0 aliphatic carbocycles. The molecule has 0 heterocycles. The Balaban J connectivity index is 4.16. The van der Waals surface area contributed by atoms with Gasteiger partial charge in [-0.05, 0) is 12.8 Å². The molecule has 0 amide bonds. The summed E-state index contributed by atoms with van der Waals surface area (Å²) in [6.45, 7) is 3.98. The molecule has 0 N–H and O–H groups in total. The van der Waals surface area contributed by atoms with Crippen LogP contribution in [0, 0.1) is 20.2 Å². The van der Waals surface area contributed by atoms with Gasteiger partial charge in [0.25, 0.3) is 5.09 Å². The second-order valence-corrected chi connectivity index (χ2v) is 5.42. The van der Waals surface area contributed by atoms with E-state index in [2.05, 4.69) is 11.8 Å². The Bertz CT molecular complexity index is 299. The molecule has 0 spiro atoms. The first kappa shape index (κ1) is 19.6. The number of hydrogen-bond donors (Lipinski definition) is 0. The summed E-state index contributed by atoms with van der Waals surface area (Å²) in [5, 5.41) is 20.6. The third-order valence-electron chi connectivity index (χ3n) is 3.60. The van der Waals surface area contributed by atoms with Crippen molar-refractivity contribution in [3.8, 4) is 0 Å². The Morgan fingerprint density at radius 1 is 0.857 bits per heavy atom. The highest BCUT2D eigenvalue weighted by Gasteiger charge is 2.33.